The molecule has 7 heteroatoms. The number of halogens is 4. The van der Waals surface area contributed by atoms with E-state index in [-0.39, 0.29) is 5.82 Å². The third-order valence-corrected chi connectivity index (χ3v) is 2.90. The van der Waals surface area contributed by atoms with Crippen LogP contribution in [0.1, 0.15) is 24.3 Å². The molecule has 0 aromatic heterocycles. The lowest BCUT2D eigenvalue weighted by Crippen LogP contribution is -2.26. The van der Waals surface area contributed by atoms with Gasteiger partial charge in [-0.3, -0.25) is 0 Å². The molecule has 0 saturated carbocycles. The van der Waals surface area contributed by atoms with Gasteiger partial charge in [0.25, 0.3) is 0 Å². The van der Waals surface area contributed by atoms with Crippen molar-refractivity contribution in [3.05, 3.63) is 35.6 Å². The standard InChI is InChI=1S/C11H14FN.C2HF3O2/c12-11-3-1-2-10(8-11)9-4-6-13-7-5-9;3-2(4,5)1(6)7/h1-3,8-9,13H,4-7H2;(H,6,7). The highest BCUT2D eigenvalue weighted by Gasteiger charge is 2.38. The fraction of sp³-hybridized carbons (Fsp3) is 0.462. The number of nitrogens with one attached hydrogen (secondary N) is 1. The maximum Gasteiger partial charge on any atom is 0.490 e. The zero-order valence-electron chi connectivity index (χ0n) is 10.6. The molecule has 1 aromatic rings. The molecule has 1 aliphatic rings. The van der Waals surface area contributed by atoms with Crippen molar-refractivity contribution in [3.63, 3.8) is 0 Å². The van der Waals surface area contributed by atoms with E-state index in [0.717, 1.165) is 31.5 Å². The van der Waals surface area contributed by atoms with Crippen LogP contribution in [-0.2, 0) is 4.79 Å². The van der Waals surface area contributed by atoms with E-state index in [1.165, 1.54) is 6.07 Å². The van der Waals surface area contributed by atoms with Crippen LogP contribution in [0.5, 0.6) is 0 Å². The van der Waals surface area contributed by atoms with Gasteiger partial charge in [0.05, 0.1) is 0 Å². The highest BCUT2D eigenvalue weighted by atomic mass is 19.4. The van der Waals surface area contributed by atoms with E-state index < -0.39 is 12.1 Å². The number of aliphatic carboxylic acids is 1. The second-order valence-electron chi connectivity index (χ2n) is 4.38. The third kappa shape index (κ3) is 5.56. The molecule has 1 fully saturated rings. The maximum absolute atomic E-state index is 12.9. The van der Waals surface area contributed by atoms with Gasteiger partial charge < -0.3 is 10.4 Å². The van der Waals surface area contributed by atoms with Crippen LogP contribution in [0.3, 0.4) is 0 Å². The molecule has 3 nitrogen and oxygen atoms in total. The average molecular weight is 293 g/mol. The minimum absolute atomic E-state index is 0.115. The van der Waals surface area contributed by atoms with E-state index in [1.54, 1.807) is 12.1 Å². The van der Waals surface area contributed by atoms with Crippen LogP contribution in [0.25, 0.3) is 0 Å². The molecule has 20 heavy (non-hydrogen) atoms. The lowest BCUT2D eigenvalue weighted by Gasteiger charge is -2.22. The first-order valence-electron chi connectivity index (χ1n) is 6.07. The third-order valence-electron chi connectivity index (χ3n) is 2.90. The summed E-state index contributed by atoms with van der Waals surface area (Å²) < 4.78 is 44.6. The summed E-state index contributed by atoms with van der Waals surface area (Å²) in [6.07, 6.45) is -2.83. The van der Waals surface area contributed by atoms with Gasteiger partial charge in [-0.25, -0.2) is 9.18 Å². The number of hydrogen-bond acceptors (Lipinski definition) is 2. The second-order valence-corrected chi connectivity index (χ2v) is 4.38. The highest BCUT2D eigenvalue weighted by Crippen LogP contribution is 2.25. The van der Waals surface area contributed by atoms with Crippen molar-refractivity contribution < 1.29 is 27.5 Å². The van der Waals surface area contributed by atoms with E-state index >= 15 is 0 Å². The molecular weight excluding hydrogens is 278 g/mol. The quantitative estimate of drug-likeness (QED) is 0.783. The fourth-order valence-corrected chi connectivity index (χ4v) is 1.92. The number of alkyl halides is 3. The van der Waals surface area contributed by atoms with Crippen molar-refractivity contribution in [3.8, 4) is 0 Å². The van der Waals surface area contributed by atoms with Crippen LogP contribution >= 0.6 is 0 Å². The molecule has 0 bridgehead atoms. The van der Waals surface area contributed by atoms with E-state index in [0.29, 0.717) is 5.92 Å². The van der Waals surface area contributed by atoms with Crippen LogP contribution in [0.2, 0.25) is 0 Å². The summed E-state index contributed by atoms with van der Waals surface area (Å²) in [4.78, 5) is 8.90. The molecule has 0 radical (unpaired) electrons. The first kappa shape index (κ1) is 16.4. The summed E-state index contributed by atoms with van der Waals surface area (Å²) in [5.74, 6) is -2.32. The molecule has 1 aromatic carbocycles. The Hall–Kier alpha value is -1.63. The molecular formula is C13H15F4NO2. The van der Waals surface area contributed by atoms with Gasteiger partial charge in [0.15, 0.2) is 0 Å². The number of carboxylic acid groups (broad SMARTS) is 1. The SMILES string of the molecule is Fc1cccc(C2CCNCC2)c1.O=C(O)C(F)(F)F. The molecule has 0 unspecified atom stereocenters. The summed E-state index contributed by atoms with van der Waals surface area (Å²) in [5, 5.41) is 10.4. The van der Waals surface area contributed by atoms with Crippen molar-refractivity contribution in [1.82, 2.24) is 5.32 Å². The zero-order chi connectivity index (χ0) is 15.2. The van der Waals surface area contributed by atoms with Gasteiger partial charge in [-0.05, 0) is 49.5 Å². The summed E-state index contributed by atoms with van der Waals surface area (Å²) >= 11 is 0. The van der Waals surface area contributed by atoms with Gasteiger partial charge in [-0.1, -0.05) is 12.1 Å². The predicted molar refractivity (Wildman–Crippen MR) is 64.9 cm³/mol. The van der Waals surface area contributed by atoms with Crippen LogP contribution in [0.4, 0.5) is 17.6 Å². The Bertz CT molecular complexity index is 442. The van der Waals surface area contributed by atoms with Crippen molar-refractivity contribution in [2.45, 2.75) is 24.9 Å². The predicted octanol–water partition coefficient (Wildman–Crippen LogP) is 2.93. The fourth-order valence-electron chi connectivity index (χ4n) is 1.92. The Morgan fingerprint density at radius 3 is 2.25 bits per heavy atom. The van der Waals surface area contributed by atoms with Crippen molar-refractivity contribution in [2.24, 2.45) is 0 Å². The molecule has 2 N–H and O–H groups in total. The van der Waals surface area contributed by atoms with Crippen LogP contribution in [0.15, 0.2) is 24.3 Å². The number of rotatable bonds is 1. The van der Waals surface area contributed by atoms with Gasteiger partial charge in [0.2, 0.25) is 0 Å². The van der Waals surface area contributed by atoms with Gasteiger partial charge in [-0.15, -0.1) is 0 Å². The van der Waals surface area contributed by atoms with E-state index in [9.17, 15) is 17.6 Å². The first-order valence-corrected chi connectivity index (χ1v) is 6.07. The number of benzene rings is 1. The highest BCUT2D eigenvalue weighted by molar-refractivity contribution is 5.73. The Kier molecular flexibility index (Phi) is 5.94. The smallest absolute Gasteiger partial charge is 0.475 e. The molecule has 1 saturated heterocycles. The number of carbonyl (C=O) groups is 1. The van der Waals surface area contributed by atoms with Crippen molar-refractivity contribution in [2.75, 3.05) is 13.1 Å². The average Bonchev–Trinajstić information content (AvgIpc) is 2.39. The molecule has 112 valence electrons. The van der Waals surface area contributed by atoms with E-state index in [1.807, 2.05) is 6.07 Å². The molecule has 1 heterocycles. The monoisotopic (exact) mass is 293 g/mol. The Labute approximate surface area is 113 Å². The molecule has 0 atom stereocenters. The number of piperidine rings is 1. The van der Waals surface area contributed by atoms with Crippen LogP contribution in [-0.4, -0.2) is 30.3 Å². The van der Waals surface area contributed by atoms with E-state index in [2.05, 4.69) is 5.32 Å². The van der Waals surface area contributed by atoms with E-state index in [4.69, 9.17) is 9.90 Å². The topological polar surface area (TPSA) is 49.3 Å². The summed E-state index contributed by atoms with van der Waals surface area (Å²) in [6.45, 7) is 2.11. The van der Waals surface area contributed by atoms with Crippen molar-refractivity contribution >= 4 is 5.97 Å². The van der Waals surface area contributed by atoms with Crippen LogP contribution < -0.4 is 5.32 Å². The lowest BCUT2D eigenvalue weighted by molar-refractivity contribution is -0.192. The maximum atomic E-state index is 12.9. The van der Waals surface area contributed by atoms with Crippen LogP contribution in [0, 0.1) is 5.82 Å². The normalized spacial score (nSPS) is 16.2. The summed E-state index contributed by atoms with van der Waals surface area (Å²) in [6, 6.07) is 6.99. The molecule has 0 spiro atoms. The largest absolute Gasteiger partial charge is 0.490 e. The van der Waals surface area contributed by atoms with Gasteiger partial charge in [0, 0.05) is 0 Å². The Morgan fingerprint density at radius 1 is 1.25 bits per heavy atom. The number of carboxylic acids is 1. The minimum Gasteiger partial charge on any atom is -0.475 e. The Morgan fingerprint density at radius 2 is 1.80 bits per heavy atom. The first-order chi connectivity index (χ1) is 9.30. The zero-order valence-corrected chi connectivity index (χ0v) is 10.6. The second kappa shape index (κ2) is 7.23. The summed E-state index contributed by atoms with van der Waals surface area (Å²) in [7, 11) is 0. The molecule has 1 aliphatic heterocycles. The molecule has 0 aliphatic carbocycles. The van der Waals surface area contributed by atoms with Gasteiger partial charge in [-0.2, -0.15) is 13.2 Å². The van der Waals surface area contributed by atoms with Crippen molar-refractivity contribution in [1.29, 1.82) is 0 Å². The number of hydrogen-bond donors (Lipinski definition) is 2. The van der Waals surface area contributed by atoms with Gasteiger partial charge in [0.1, 0.15) is 5.82 Å². The van der Waals surface area contributed by atoms with Gasteiger partial charge >= 0.3 is 12.1 Å². The molecule has 0 amide bonds. The lowest BCUT2D eigenvalue weighted by atomic mass is 9.90. The minimum atomic E-state index is -5.08. The molecule has 2 rings (SSSR count). The summed E-state index contributed by atoms with van der Waals surface area (Å²) in [5.41, 5.74) is 1.15. The Balaban J connectivity index is 0.000000246.